The Morgan fingerprint density at radius 2 is 1.82 bits per heavy atom. The molecule has 2 aromatic rings. The van der Waals surface area contributed by atoms with Crippen LogP contribution in [0.2, 0.25) is 0 Å². The highest BCUT2D eigenvalue weighted by Crippen LogP contribution is 2.24. The minimum atomic E-state index is -3.56. The van der Waals surface area contributed by atoms with Gasteiger partial charge in [0.15, 0.2) is 0 Å². The molecule has 0 aliphatic rings. The van der Waals surface area contributed by atoms with Gasteiger partial charge in [0.05, 0.1) is 19.1 Å². The van der Waals surface area contributed by atoms with Gasteiger partial charge in [-0.2, -0.15) is 0 Å². The normalized spacial score (nSPS) is 11.2. The topological polar surface area (TPSA) is 64.6 Å². The average Bonchev–Trinajstić information content (AvgIpc) is 2.52. The molecule has 0 aliphatic heterocycles. The summed E-state index contributed by atoms with van der Waals surface area (Å²) in [5.74, 6) is 1.23. The maximum atomic E-state index is 12.3. The molecule has 0 unspecified atom stereocenters. The van der Waals surface area contributed by atoms with E-state index in [1.165, 1.54) is 7.11 Å². The molecule has 0 heterocycles. The molecule has 0 aromatic heterocycles. The smallest absolute Gasteiger partial charge is 0.240 e. The Hall–Kier alpha value is -2.05. The molecule has 0 amide bonds. The molecule has 0 bridgehead atoms. The van der Waals surface area contributed by atoms with Gasteiger partial charge in [0.1, 0.15) is 11.5 Å². The summed E-state index contributed by atoms with van der Waals surface area (Å²) in [6.07, 6.45) is 0. The standard InChI is InChI=1S/C16H19NO4S/c1-12-5-4-6-15(9-12)22(18,19)17-11-13-7-8-14(20-2)10-16(13)21-3/h4-10,17H,11H2,1-3H3. The Kier molecular flexibility index (Phi) is 5.05. The molecule has 6 heteroatoms. The van der Waals surface area contributed by atoms with Gasteiger partial charge in [-0.15, -0.1) is 0 Å². The van der Waals surface area contributed by atoms with E-state index in [1.807, 2.05) is 13.0 Å². The Bertz CT molecular complexity index is 756. The number of aryl methyl sites for hydroxylation is 1. The van der Waals surface area contributed by atoms with E-state index < -0.39 is 10.0 Å². The first kappa shape index (κ1) is 16.3. The van der Waals surface area contributed by atoms with E-state index in [0.29, 0.717) is 11.5 Å². The van der Waals surface area contributed by atoms with Gasteiger partial charge in [0.25, 0.3) is 0 Å². The largest absolute Gasteiger partial charge is 0.497 e. The van der Waals surface area contributed by atoms with Crippen molar-refractivity contribution in [1.29, 1.82) is 0 Å². The summed E-state index contributed by atoms with van der Waals surface area (Å²) in [6.45, 7) is 2.00. The van der Waals surface area contributed by atoms with Gasteiger partial charge in [0, 0.05) is 18.2 Å². The van der Waals surface area contributed by atoms with Crippen LogP contribution in [0.4, 0.5) is 0 Å². The SMILES string of the molecule is COc1ccc(CNS(=O)(=O)c2cccc(C)c2)c(OC)c1. The third-order valence-corrected chi connectivity index (χ3v) is 4.65. The van der Waals surface area contributed by atoms with Gasteiger partial charge >= 0.3 is 0 Å². The minimum absolute atomic E-state index is 0.142. The molecule has 0 radical (unpaired) electrons. The number of ether oxygens (including phenoxy) is 2. The summed E-state index contributed by atoms with van der Waals surface area (Å²) < 4.78 is 37.6. The molecule has 2 rings (SSSR count). The number of nitrogens with one attached hydrogen (secondary N) is 1. The first-order chi connectivity index (χ1) is 10.5. The van der Waals surface area contributed by atoms with Crippen LogP contribution in [0.25, 0.3) is 0 Å². The van der Waals surface area contributed by atoms with Crippen LogP contribution in [0.5, 0.6) is 11.5 Å². The minimum Gasteiger partial charge on any atom is -0.497 e. The quantitative estimate of drug-likeness (QED) is 0.888. The highest BCUT2D eigenvalue weighted by molar-refractivity contribution is 7.89. The van der Waals surface area contributed by atoms with Gasteiger partial charge < -0.3 is 9.47 Å². The van der Waals surface area contributed by atoms with Crippen molar-refractivity contribution in [2.24, 2.45) is 0 Å². The zero-order valence-electron chi connectivity index (χ0n) is 12.8. The van der Waals surface area contributed by atoms with Gasteiger partial charge in [-0.1, -0.05) is 18.2 Å². The second kappa shape index (κ2) is 6.81. The summed E-state index contributed by atoms with van der Waals surface area (Å²) in [4.78, 5) is 0.250. The van der Waals surface area contributed by atoms with Crippen LogP contribution in [0, 0.1) is 6.92 Å². The molecule has 22 heavy (non-hydrogen) atoms. The van der Waals surface area contributed by atoms with Gasteiger partial charge in [0.2, 0.25) is 10.0 Å². The average molecular weight is 321 g/mol. The van der Waals surface area contributed by atoms with Crippen molar-refractivity contribution in [2.75, 3.05) is 14.2 Å². The van der Waals surface area contributed by atoms with Crippen LogP contribution in [0.1, 0.15) is 11.1 Å². The number of hydrogen-bond donors (Lipinski definition) is 1. The molecule has 0 atom stereocenters. The number of benzene rings is 2. The van der Waals surface area contributed by atoms with Crippen LogP contribution in [-0.4, -0.2) is 22.6 Å². The monoisotopic (exact) mass is 321 g/mol. The van der Waals surface area contributed by atoms with E-state index >= 15 is 0 Å². The Labute approximate surface area is 130 Å². The van der Waals surface area contributed by atoms with Crippen molar-refractivity contribution < 1.29 is 17.9 Å². The lowest BCUT2D eigenvalue weighted by atomic mass is 10.2. The Balaban J connectivity index is 2.19. The number of hydrogen-bond acceptors (Lipinski definition) is 4. The maximum Gasteiger partial charge on any atom is 0.240 e. The molecule has 0 saturated heterocycles. The second-order valence-electron chi connectivity index (χ2n) is 4.82. The molecule has 1 N–H and O–H groups in total. The molecule has 0 saturated carbocycles. The van der Waals surface area contributed by atoms with E-state index in [1.54, 1.807) is 43.5 Å². The summed E-state index contributed by atoms with van der Waals surface area (Å²) in [5, 5.41) is 0. The summed E-state index contributed by atoms with van der Waals surface area (Å²) in [5.41, 5.74) is 1.63. The first-order valence-corrected chi connectivity index (χ1v) is 8.22. The first-order valence-electron chi connectivity index (χ1n) is 6.73. The van der Waals surface area contributed by atoms with E-state index in [-0.39, 0.29) is 11.4 Å². The van der Waals surface area contributed by atoms with Crippen LogP contribution in [-0.2, 0) is 16.6 Å². The van der Waals surface area contributed by atoms with Gasteiger partial charge in [-0.25, -0.2) is 13.1 Å². The summed E-state index contributed by atoms with van der Waals surface area (Å²) >= 11 is 0. The maximum absolute atomic E-state index is 12.3. The molecular formula is C16H19NO4S. The van der Waals surface area contributed by atoms with Crippen LogP contribution in [0.3, 0.4) is 0 Å². The molecule has 5 nitrogen and oxygen atoms in total. The second-order valence-corrected chi connectivity index (χ2v) is 6.59. The van der Waals surface area contributed by atoms with Crippen LogP contribution in [0.15, 0.2) is 47.4 Å². The number of methoxy groups -OCH3 is 2. The highest BCUT2D eigenvalue weighted by atomic mass is 32.2. The van der Waals surface area contributed by atoms with Crippen molar-refractivity contribution in [1.82, 2.24) is 4.72 Å². The van der Waals surface area contributed by atoms with Crippen LogP contribution < -0.4 is 14.2 Å². The zero-order chi connectivity index (χ0) is 16.2. The molecule has 0 fully saturated rings. The molecule has 2 aromatic carbocycles. The fraction of sp³-hybridized carbons (Fsp3) is 0.250. The molecule has 0 aliphatic carbocycles. The number of sulfonamides is 1. The third kappa shape index (κ3) is 3.78. The van der Waals surface area contributed by atoms with Crippen molar-refractivity contribution in [3.05, 3.63) is 53.6 Å². The van der Waals surface area contributed by atoms with Crippen LogP contribution >= 0.6 is 0 Å². The fourth-order valence-corrected chi connectivity index (χ4v) is 3.15. The zero-order valence-corrected chi connectivity index (χ0v) is 13.6. The predicted octanol–water partition coefficient (Wildman–Crippen LogP) is 2.49. The molecule has 0 spiro atoms. The van der Waals surface area contributed by atoms with Crippen molar-refractivity contribution in [3.63, 3.8) is 0 Å². The van der Waals surface area contributed by atoms with E-state index in [2.05, 4.69) is 4.72 Å². The van der Waals surface area contributed by atoms with Gasteiger partial charge in [-0.05, 0) is 30.7 Å². The highest BCUT2D eigenvalue weighted by Gasteiger charge is 2.15. The Morgan fingerprint density at radius 3 is 2.45 bits per heavy atom. The van der Waals surface area contributed by atoms with E-state index in [4.69, 9.17) is 9.47 Å². The lowest BCUT2D eigenvalue weighted by Crippen LogP contribution is -2.23. The third-order valence-electron chi connectivity index (χ3n) is 3.25. The summed E-state index contributed by atoms with van der Waals surface area (Å²) in [6, 6.07) is 12.0. The van der Waals surface area contributed by atoms with E-state index in [9.17, 15) is 8.42 Å². The Morgan fingerprint density at radius 1 is 1.05 bits per heavy atom. The lowest BCUT2D eigenvalue weighted by molar-refractivity contribution is 0.390. The molecular weight excluding hydrogens is 302 g/mol. The predicted molar refractivity (Wildman–Crippen MR) is 84.8 cm³/mol. The lowest BCUT2D eigenvalue weighted by Gasteiger charge is -2.12. The summed E-state index contributed by atoms with van der Waals surface area (Å²) in [7, 11) is -0.459. The fourth-order valence-electron chi connectivity index (χ4n) is 2.04. The number of rotatable bonds is 6. The van der Waals surface area contributed by atoms with Crippen molar-refractivity contribution in [3.8, 4) is 11.5 Å². The van der Waals surface area contributed by atoms with E-state index in [0.717, 1.165) is 11.1 Å². The van der Waals surface area contributed by atoms with Crippen molar-refractivity contribution >= 4 is 10.0 Å². The van der Waals surface area contributed by atoms with Gasteiger partial charge in [-0.3, -0.25) is 0 Å². The van der Waals surface area contributed by atoms with Crippen molar-refractivity contribution in [2.45, 2.75) is 18.4 Å². The molecule has 118 valence electrons.